The molecule has 1 aliphatic carbocycles. The van der Waals surface area contributed by atoms with E-state index >= 15 is 0 Å². The molecule has 0 fully saturated rings. The molecule has 7 aromatic carbocycles. The Bertz CT molecular complexity index is 2800. The van der Waals surface area contributed by atoms with E-state index < -0.39 is 0 Å². The Morgan fingerprint density at radius 1 is 0.340 bits per heavy atom. The average molecular weight is 679 g/mol. The third kappa shape index (κ3) is 5.22. The van der Waals surface area contributed by atoms with Crippen LogP contribution in [-0.2, 0) is 5.41 Å². The number of fused-ring (bicyclic) bond motifs is 6. The third-order valence-electron chi connectivity index (χ3n) is 10.7. The van der Waals surface area contributed by atoms with Crippen molar-refractivity contribution in [3.8, 4) is 67.7 Å². The molecule has 0 unspecified atom stereocenters. The summed E-state index contributed by atoms with van der Waals surface area (Å²) in [5.41, 5.74) is 13.1. The highest BCUT2D eigenvalue weighted by Gasteiger charge is 2.35. The highest BCUT2D eigenvalue weighted by Crippen LogP contribution is 2.50. The Labute approximate surface area is 308 Å². The number of hydrogen-bond donors (Lipinski definition) is 0. The summed E-state index contributed by atoms with van der Waals surface area (Å²) in [6, 6.07) is 59.6. The lowest BCUT2D eigenvalue weighted by Gasteiger charge is -2.21. The minimum absolute atomic E-state index is 0.0715. The van der Waals surface area contributed by atoms with Gasteiger partial charge in [-0.15, -0.1) is 0 Å². The van der Waals surface area contributed by atoms with Gasteiger partial charge in [0.25, 0.3) is 0 Å². The van der Waals surface area contributed by atoms with Gasteiger partial charge in [-0.3, -0.25) is 0 Å². The summed E-state index contributed by atoms with van der Waals surface area (Å²) < 4.78 is 0. The maximum atomic E-state index is 5.33. The topological polar surface area (TPSA) is 51.6 Å². The molecule has 2 aromatic heterocycles. The molecule has 0 saturated heterocycles. The quantitative estimate of drug-likeness (QED) is 0.170. The first-order valence-corrected chi connectivity index (χ1v) is 18.1. The molecule has 4 nitrogen and oxygen atoms in total. The molecule has 0 N–H and O–H groups in total. The van der Waals surface area contributed by atoms with Crippen LogP contribution < -0.4 is 0 Å². The molecule has 0 saturated carbocycles. The summed E-state index contributed by atoms with van der Waals surface area (Å²) in [5.74, 6) is 1.87. The molecule has 10 rings (SSSR count). The van der Waals surface area contributed by atoms with Crippen LogP contribution in [0.4, 0.5) is 0 Å². The normalized spacial score (nSPS) is 12.9. The van der Waals surface area contributed by atoms with E-state index in [-0.39, 0.29) is 5.41 Å². The van der Waals surface area contributed by atoms with Gasteiger partial charge in [0, 0.05) is 38.4 Å². The lowest BCUT2D eigenvalue weighted by atomic mass is 9.82. The Morgan fingerprint density at radius 3 is 1.58 bits per heavy atom. The third-order valence-corrected chi connectivity index (χ3v) is 10.7. The van der Waals surface area contributed by atoms with Crippen LogP contribution in [0.2, 0.25) is 0 Å². The summed E-state index contributed by atoms with van der Waals surface area (Å²) in [6.07, 6.45) is 0. The van der Waals surface area contributed by atoms with Gasteiger partial charge in [0.2, 0.25) is 0 Å². The van der Waals surface area contributed by atoms with Crippen molar-refractivity contribution in [1.82, 2.24) is 19.9 Å². The SMILES string of the molecule is CC1(C)c2ccccc2-c2cc(-c3cc(-c4nc(-c5ccccc5)nc(-c5ccccc5)n4)cc(-c4nc5ccccc5c5ccccc45)c3)ccc21. The Hall–Kier alpha value is -6.78. The summed E-state index contributed by atoms with van der Waals surface area (Å²) in [6.45, 7) is 4.64. The van der Waals surface area contributed by atoms with Crippen molar-refractivity contribution in [2.75, 3.05) is 0 Å². The molecule has 0 amide bonds. The second-order valence-corrected chi connectivity index (χ2v) is 14.3. The first-order valence-electron chi connectivity index (χ1n) is 18.1. The molecule has 0 aliphatic heterocycles. The number of hydrogen-bond acceptors (Lipinski definition) is 4. The van der Waals surface area contributed by atoms with Crippen molar-refractivity contribution >= 4 is 21.7 Å². The largest absolute Gasteiger partial charge is 0.247 e. The van der Waals surface area contributed by atoms with Gasteiger partial charge < -0.3 is 0 Å². The number of pyridine rings is 1. The average Bonchev–Trinajstić information content (AvgIpc) is 3.46. The van der Waals surface area contributed by atoms with Crippen molar-refractivity contribution in [2.45, 2.75) is 19.3 Å². The smallest absolute Gasteiger partial charge is 0.164 e. The zero-order valence-corrected chi connectivity index (χ0v) is 29.5. The minimum Gasteiger partial charge on any atom is -0.247 e. The second kappa shape index (κ2) is 12.2. The van der Waals surface area contributed by atoms with Gasteiger partial charge in [-0.2, -0.15) is 0 Å². The standard InChI is InChI=1S/C49H34N4/c1-49(2)42-23-13-11-20-38(42)41-30-33(25-26-43(41)49)34-27-35(45-40-22-10-9-19-37(40)39-21-12-14-24-44(39)50-45)29-36(28-34)48-52-46(31-15-5-3-6-16-31)51-47(53-48)32-17-7-4-8-18-32/h3-30H,1-2H3. The van der Waals surface area contributed by atoms with E-state index in [1.54, 1.807) is 0 Å². The van der Waals surface area contributed by atoms with Crippen LogP contribution in [0, 0.1) is 0 Å². The predicted octanol–water partition coefficient (Wildman–Crippen LogP) is 12.2. The molecule has 0 atom stereocenters. The van der Waals surface area contributed by atoms with Crippen LogP contribution in [0.3, 0.4) is 0 Å². The summed E-state index contributed by atoms with van der Waals surface area (Å²) >= 11 is 0. The van der Waals surface area contributed by atoms with Gasteiger partial charge >= 0.3 is 0 Å². The van der Waals surface area contributed by atoms with Crippen LogP contribution in [-0.4, -0.2) is 19.9 Å². The highest BCUT2D eigenvalue weighted by atomic mass is 15.0. The van der Waals surface area contributed by atoms with Crippen LogP contribution in [0.1, 0.15) is 25.0 Å². The molecule has 9 aromatic rings. The molecule has 53 heavy (non-hydrogen) atoms. The lowest BCUT2D eigenvalue weighted by molar-refractivity contribution is 0.660. The minimum atomic E-state index is -0.0715. The fourth-order valence-corrected chi connectivity index (χ4v) is 8.02. The van der Waals surface area contributed by atoms with Gasteiger partial charge in [-0.1, -0.05) is 153 Å². The van der Waals surface area contributed by atoms with E-state index in [9.17, 15) is 0 Å². The first-order chi connectivity index (χ1) is 26.0. The number of benzene rings is 7. The number of nitrogens with zero attached hydrogens (tertiary/aromatic N) is 4. The maximum absolute atomic E-state index is 5.33. The van der Waals surface area contributed by atoms with E-state index in [0.717, 1.165) is 55.4 Å². The van der Waals surface area contributed by atoms with Gasteiger partial charge in [-0.05, 0) is 69.1 Å². The molecule has 1 aliphatic rings. The zero-order chi connectivity index (χ0) is 35.5. The molecule has 0 spiro atoms. The van der Waals surface area contributed by atoms with E-state index in [2.05, 4.69) is 123 Å². The van der Waals surface area contributed by atoms with Gasteiger partial charge in [-0.25, -0.2) is 19.9 Å². The van der Waals surface area contributed by atoms with Crippen molar-refractivity contribution in [1.29, 1.82) is 0 Å². The molecule has 2 heterocycles. The van der Waals surface area contributed by atoms with Crippen LogP contribution >= 0.6 is 0 Å². The molecular weight excluding hydrogens is 645 g/mol. The van der Waals surface area contributed by atoms with E-state index in [1.807, 2.05) is 60.7 Å². The maximum Gasteiger partial charge on any atom is 0.164 e. The number of para-hydroxylation sites is 1. The number of rotatable bonds is 5. The molecule has 4 heteroatoms. The second-order valence-electron chi connectivity index (χ2n) is 14.3. The molecular formula is C49H34N4. The van der Waals surface area contributed by atoms with Crippen molar-refractivity contribution < 1.29 is 0 Å². The van der Waals surface area contributed by atoms with E-state index in [1.165, 1.54) is 27.6 Å². The lowest BCUT2D eigenvalue weighted by Crippen LogP contribution is -2.14. The zero-order valence-electron chi connectivity index (χ0n) is 29.5. The molecule has 0 bridgehead atoms. The first kappa shape index (κ1) is 31.0. The van der Waals surface area contributed by atoms with Crippen LogP contribution in [0.15, 0.2) is 170 Å². The summed E-state index contributed by atoms with van der Waals surface area (Å²) in [4.78, 5) is 20.6. The summed E-state index contributed by atoms with van der Waals surface area (Å²) in [5, 5.41) is 3.42. The highest BCUT2D eigenvalue weighted by molar-refractivity contribution is 6.11. The monoisotopic (exact) mass is 678 g/mol. The predicted molar refractivity (Wildman–Crippen MR) is 217 cm³/mol. The Balaban J connectivity index is 1.24. The van der Waals surface area contributed by atoms with Gasteiger partial charge in [0.15, 0.2) is 17.5 Å². The van der Waals surface area contributed by atoms with Crippen molar-refractivity contribution in [2.24, 2.45) is 0 Å². The fraction of sp³-hybridized carbons (Fsp3) is 0.0612. The van der Waals surface area contributed by atoms with Crippen LogP contribution in [0.5, 0.6) is 0 Å². The fourth-order valence-electron chi connectivity index (χ4n) is 8.02. The Morgan fingerprint density at radius 2 is 0.868 bits per heavy atom. The van der Waals surface area contributed by atoms with E-state index in [0.29, 0.717) is 17.5 Å². The molecule has 250 valence electrons. The van der Waals surface area contributed by atoms with Crippen LogP contribution in [0.25, 0.3) is 89.4 Å². The van der Waals surface area contributed by atoms with Gasteiger partial charge in [0.05, 0.1) is 11.2 Å². The Kier molecular flexibility index (Phi) is 7.12. The summed E-state index contributed by atoms with van der Waals surface area (Å²) in [7, 11) is 0. The van der Waals surface area contributed by atoms with Crippen molar-refractivity contribution in [3.05, 3.63) is 181 Å². The number of aromatic nitrogens is 4. The van der Waals surface area contributed by atoms with Crippen molar-refractivity contribution in [3.63, 3.8) is 0 Å². The molecule has 0 radical (unpaired) electrons. The van der Waals surface area contributed by atoms with E-state index in [4.69, 9.17) is 19.9 Å². The van der Waals surface area contributed by atoms with Gasteiger partial charge in [0.1, 0.15) is 0 Å².